The first-order chi connectivity index (χ1) is 12.8. The number of hydrazine groups is 1. The second-order valence-corrected chi connectivity index (χ2v) is 8.40. The second-order valence-electron chi connectivity index (χ2n) is 5.36. The maximum atomic E-state index is 12.4. The van der Waals surface area contributed by atoms with E-state index in [0.29, 0.717) is 10.5 Å². The Hall–Kier alpha value is -2.40. The van der Waals surface area contributed by atoms with Gasteiger partial charge in [-0.25, -0.2) is 13.4 Å². The molecule has 0 atom stereocenters. The van der Waals surface area contributed by atoms with Crippen molar-refractivity contribution in [3.63, 3.8) is 0 Å². The summed E-state index contributed by atoms with van der Waals surface area (Å²) in [5.74, 6) is 0.251. The molecule has 1 heterocycles. The van der Waals surface area contributed by atoms with Gasteiger partial charge in [0.15, 0.2) is 11.5 Å². The number of carbonyl (C=O) groups excluding carboxylic acids is 1. The number of phenols is 1. The molecule has 140 valence electrons. The highest BCUT2D eigenvalue weighted by Crippen LogP contribution is 2.34. The van der Waals surface area contributed by atoms with Crippen LogP contribution in [0.4, 0.5) is 4.79 Å². The lowest BCUT2D eigenvalue weighted by molar-refractivity contribution is 0.241. The Balaban J connectivity index is 1.85. The average Bonchev–Trinajstić information content (AvgIpc) is 2.91. The van der Waals surface area contributed by atoms with Crippen molar-refractivity contribution in [3.8, 4) is 11.5 Å². The number of ether oxygens (including phenoxy) is 1. The maximum absolute atomic E-state index is 12.4. The molecule has 1 aliphatic heterocycles. The Morgan fingerprint density at radius 2 is 1.93 bits per heavy atom. The van der Waals surface area contributed by atoms with Gasteiger partial charge in [0.2, 0.25) is 0 Å². The number of hydrogen-bond acceptors (Lipinski definition) is 7. The predicted octanol–water partition coefficient (Wildman–Crippen LogP) is 3.13. The number of aromatic hydroxyl groups is 1. The van der Waals surface area contributed by atoms with Crippen LogP contribution >= 0.6 is 24.0 Å². The highest BCUT2D eigenvalue weighted by molar-refractivity contribution is 8.19. The van der Waals surface area contributed by atoms with E-state index < -0.39 is 15.3 Å². The summed E-state index contributed by atoms with van der Waals surface area (Å²) in [5.41, 5.74) is 0.634. The van der Waals surface area contributed by atoms with Crippen LogP contribution in [0.15, 0.2) is 58.3 Å². The number of hydrogen-bond donors (Lipinski definition) is 2. The van der Waals surface area contributed by atoms with Crippen LogP contribution in [0.1, 0.15) is 5.56 Å². The summed E-state index contributed by atoms with van der Waals surface area (Å²) in [6.07, 6.45) is 1.61. The Morgan fingerprint density at radius 3 is 2.59 bits per heavy atom. The van der Waals surface area contributed by atoms with Crippen LogP contribution in [0.3, 0.4) is 0 Å². The Bertz CT molecular complexity index is 1040. The van der Waals surface area contributed by atoms with Crippen LogP contribution in [0.25, 0.3) is 6.08 Å². The lowest BCUT2D eigenvalue weighted by atomic mass is 10.2. The summed E-state index contributed by atoms with van der Waals surface area (Å²) < 4.78 is 29.9. The van der Waals surface area contributed by atoms with Gasteiger partial charge >= 0.3 is 5.24 Å². The smallest absolute Gasteiger partial charge is 0.307 e. The first-order valence-corrected chi connectivity index (χ1v) is 10.2. The summed E-state index contributed by atoms with van der Waals surface area (Å²) in [6.45, 7) is 0. The third kappa shape index (κ3) is 4.14. The number of nitrogens with one attached hydrogen (secondary N) is 1. The molecule has 0 unspecified atom stereocenters. The molecule has 10 heteroatoms. The largest absolute Gasteiger partial charge is 0.504 e. The first kappa shape index (κ1) is 19.4. The van der Waals surface area contributed by atoms with E-state index in [0.717, 1.165) is 16.8 Å². The first-order valence-electron chi connectivity index (χ1n) is 7.54. The normalized spacial score (nSPS) is 16.2. The van der Waals surface area contributed by atoms with Gasteiger partial charge in [-0.3, -0.25) is 4.79 Å². The summed E-state index contributed by atoms with van der Waals surface area (Å²) >= 11 is 6.06. The van der Waals surface area contributed by atoms with Gasteiger partial charge in [-0.2, -0.15) is 0 Å². The SMILES string of the molecule is COc1cc(/C=C2/SC(=O)N(NS(=O)(=O)c3ccccc3)C2=S)ccc1O. The van der Waals surface area contributed by atoms with Crippen LogP contribution in [0.5, 0.6) is 11.5 Å². The van der Waals surface area contributed by atoms with E-state index in [-0.39, 0.29) is 21.4 Å². The summed E-state index contributed by atoms with van der Waals surface area (Å²) in [7, 11) is -2.53. The highest BCUT2D eigenvalue weighted by atomic mass is 32.2. The van der Waals surface area contributed by atoms with Crippen molar-refractivity contribution in [1.29, 1.82) is 0 Å². The number of phenolic OH excluding ortho intramolecular Hbond substituents is 1. The van der Waals surface area contributed by atoms with Crippen molar-refractivity contribution in [2.24, 2.45) is 0 Å². The van der Waals surface area contributed by atoms with Gasteiger partial charge in [0.05, 0.1) is 16.9 Å². The minimum absolute atomic E-state index is 0.0189. The van der Waals surface area contributed by atoms with Crippen molar-refractivity contribution in [2.45, 2.75) is 4.90 Å². The minimum Gasteiger partial charge on any atom is -0.504 e. The third-order valence-electron chi connectivity index (χ3n) is 3.56. The summed E-state index contributed by atoms with van der Waals surface area (Å²) in [4.78, 5) is 14.9. The number of sulfonamides is 1. The fourth-order valence-corrected chi connectivity index (χ4v) is 4.57. The molecule has 3 rings (SSSR count). The molecule has 1 saturated heterocycles. The molecule has 1 amide bonds. The van der Waals surface area contributed by atoms with E-state index in [2.05, 4.69) is 4.83 Å². The molecule has 1 fully saturated rings. The zero-order valence-corrected chi connectivity index (χ0v) is 16.4. The van der Waals surface area contributed by atoms with E-state index in [1.165, 1.54) is 25.3 Å². The quantitative estimate of drug-likeness (QED) is 0.564. The fraction of sp³-hybridized carbons (Fsp3) is 0.0588. The van der Waals surface area contributed by atoms with Gasteiger partial charge in [-0.15, -0.1) is 4.83 Å². The number of rotatable bonds is 5. The number of methoxy groups -OCH3 is 1. The molecule has 0 saturated carbocycles. The molecule has 7 nitrogen and oxygen atoms in total. The van der Waals surface area contributed by atoms with Gasteiger partial charge in [0, 0.05) is 0 Å². The molecular weight excluding hydrogens is 408 g/mol. The molecule has 2 N–H and O–H groups in total. The van der Waals surface area contributed by atoms with Crippen molar-refractivity contribution < 1.29 is 23.1 Å². The standard InChI is InChI=1S/C17H14N2O5S3/c1-24-14-9-11(7-8-13(14)20)10-15-16(25)19(17(21)26-15)18-27(22,23)12-5-3-2-4-6-12/h2-10,18,20H,1H3/b15-10+. The Morgan fingerprint density at radius 1 is 1.22 bits per heavy atom. The average molecular weight is 423 g/mol. The zero-order valence-electron chi connectivity index (χ0n) is 13.9. The summed E-state index contributed by atoms with van der Waals surface area (Å²) in [5, 5.41) is 9.92. The van der Waals surface area contributed by atoms with Crippen LogP contribution in [-0.4, -0.2) is 35.9 Å². The number of nitrogens with zero attached hydrogens (tertiary/aromatic N) is 1. The van der Waals surface area contributed by atoms with E-state index in [1.54, 1.807) is 36.4 Å². The van der Waals surface area contributed by atoms with Crippen molar-refractivity contribution >= 4 is 50.3 Å². The third-order valence-corrected chi connectivity index (χ3v) is 6.30. The number of benzene rings is 2. The lowest BCUT2D eigenvalue weighted by Crippen LogP contribution is -2.44. The monoisotopic (exact) mass is 422 g/mol. The molecule has 0 aromatic heterocycles. The van der Waals surface area contributed by atoms with E-state index >= 15 is 0 Å². The summed E-state index contributed by atoms with van der Waals surface area (Å²) in [6, 6.07) is 12.3. The number of thioether (sulfide) groups is 1. The number of amides is 1. The second kappa shape index (κ2) is 7.69. The van der Waals surface area contributed by atoms with E-state index in [4.69, 9.17) is 17.0 Å². The van der Waals surface area contributed by atoms with Gasteiger partial charge < -0.3 is 9.84 Å². The molecule has 1 aliphatic rings. The van der Waals surface area contributed by atoms with Gasteiger partial charge in [-0.05, 0) is 47.7 Å². The molecular formula is C17H14N2O5S3. The zero-order chi connectivity index (χ0) is 19.6. The Labute approximate surface area is 165 Å². The van der Waals surface area contributed by atoms with Crippen molar-refractivity contribution in [2.75, 3.05) is 7.11 Å². The van der Waals surface area contributed by atoms with Crippen LogP contribution in [0.2, 0.25) is 0 Å². The van der Waals surface area contributed by atoms with Gasteiger partial charge in [0.1, 0.15) is 4.99 Å². The van der Waals surface area contributed by atoms with Crippen LogP contribution in [0, 0.1) is 0 Å². The topological polar surface area (TPSA) is 95.9 Å². The minimum atomic E-state index is -3.95. The molecule has 27 heavy (non-hydrogen) atoms. The molecule has 0 spiro atoms. The van der Waals surface area contributed by atoms with Gasteiger partial charge in [0.25, 0.3) is 10.0 Å². The number of thiocarbonyl (C=S) groups is 1. The maximum Gasteiger partial charge on any atom is 0.307 e. The Kier molecular flexibility index (Phi) is 5.51. The molecule has 0 bridgehead atoms. The molecule has 2 aromatic carbocycles. The molecule has 0 aliphatic carbocycles. The van der Waals surface area contributed by atoms with Crippen LogP contribution < -0.4 is 9.57 Å². The van der Waals surface area contributed by atoms with Gasteiger partial charge in [-0.1, -0.05) is 36.5 Å². The lowest BCUT2D eigenvalue weighted by Gasteiger charge is -2.16. The van der Waals surface area contributed by atoms with Crippen molar-refractivity contribution in [1.82, 2.24) is 9.84 Å². The highest BCUT2D eigenvalue weighted by Gasteiger charge is 2.35. The molecule has 2 aromatic rings. The number of carbonyl (C=O) groups is 1. The van der Waals surface area contributed by atoms with E-state index in [9.17, 15) is 18.3 Å². The van der Waals surface area contributed by atoms with E-state index in [1.807, 2.05) is 0 Å². The van der Waals surface area contributed by atoms with Crippen LogP contribution in [-0.2, 0) is 10.0 Å². The molecule has 0 radical (unpaired) electrons. The predicted molar refractivity (Wildman–Crippen MR) is 107 cm³/mol. The van der Waals surface area contributed by atoms with Crippen molar-refractivity contribution in [3.05, 3.63) is 59.0 Å². The fourth-order valence-electron chi connectivity index (χ4n) is 2.25.